The summed E-state index contributed by atoms with van der Waals surface area (Å²) < 4.78 is 3.98. The quantitative estimate of drug-likeness (QED) is 0.624. The van der Waals surface area contributed by atoms with Gasteiger partial charge in [-0.25, -0.2) is 9.48 Å². The zero-order valence-corrected chi connectivity index (χ0v) is 16.4. The van der Waals surface area contributed by atoms with Crippen LogP contribution in [-0.4, -0.2) is 36.5 Å². The Morgan fingerprint density at radius 2 is 1.85 bits per heavy atom. The van der Waals surface area contributed by atoms with E-state index in [4.69, 9.17) is 5.11 Å². The molecule has 3 rings (SSSR count). The summed E-state index contributed by atoms with van der Waals surface area (Å²) >= 11 is 3.41. The number of carbonyl (C=O) groups is 2. The van der Waals surface area contributed by atoms with E-state index in [1.165, 1.54) is 12.3 Å². The van der Waals surface area contributed by atoms with Gasteiger partial charge >= 0.3 is 5.97 Å². The second kappa shape index (κ2) is 7.75. The second-order valence-electron chi connectivity index (χ2n) is 6.06. The lowest BCUT2D eigenvalue weighted by Gasteiger charge is -2.08. The van der Waals surface area contributed by atoms with Crippen molar-refractivity contribution in [3.8, 4) is 0 Å². The third-order valence-electron chi connectivity index (χ3n) is 4.12. The first kappa shape index (κ1) is 18.8. The van der Waals surface area contributed by atoms with Gasteiger partial charge in [-0.1, -0.05) is 28.1 Å². The molecule has 0 unspecified atom stereocenters. The van der Waals surface area contributed by atoms with Crippen LogP contribution in [0.25, 0.3) is 0 Å². The van der Waals surface area contributed by atoms with Crippen LogP contribution in [-0.2, 0) is 17.9 Å². The highest BCUT2D eigenvalue weighted by atomic mass is 79.9. The topological polar surface area (TPSA) is 102 Å². The van der Waals surface area contributed by atoms with E-state index in [0.29, 0.717) is 17.9 Å². The summed E-state index contributed by atoms with van der Waals surface area (Å²) in [5.74, 6) is -1.49. The Kier molecular flexibility index (Phi) is 5.41. The van der Waals surface area contributed by atoms with Crippen LogP contribution in [0, 0.1) is 13.8 Å². The Labute approximate surface area is 163 Å². The number of carboxylic acid groups (broad SMARTS) is 1. The molecule has 1 amide bonds. The molecule has 0 aliphatic rings. The number of halogens is 1. The fourth-order valence-corrected chi connectivity index (χ4v) is 3.01. The summed E-state index contributed by atoms with van der Waals surface area (Å²) in [4.78, 5) is 23.5. The molecule has 0 aliphatic carbocycles. The molecule has 0 saturated heterocycles. The van der Waals surface area contributed by atoms with Crippen LogP contribution in [0.4, 0.5) is 5.69 Å². The van der Waals surface area contributed by atoms with Gasteiger partial charge in [0.1, 0.15) is 12.2 Å². The molecule has 0 bridgehead atoms. The minimum atomic E-state index is -1.13. The molecular formula is C18H18BrN5O3. The van der Waals surface area contributed by atoms with Crippen LogP contribution in [0.2, 0.25) is 0 Å². The Hall–Kier alpha value is -2.94. The average Bonchev–Trinajstić information content (AvgIpc) is 3.17. The first-order chi connectivity index (χ1) is 12.8. The standard InChI is InChI=1S/C18H18BrN5O3/c1-11-17(21-16(25)10-24-15(18(26)27)7-8-20-24)12(2)23(22-11)9-13-3-5-14(19)6-4-13/h3-8H,9-10H2,1-2H3,(H,21,25)(H,26,27). The molecule has 140 valence electrons. The highest BCUT2D eigenvalue weighted by Gasteiger charge is 2.17. The van der Waals surface area contributed by atoms with Gasteiger partial charge in [0.05, 0.1) is 23.6 Å². The molecule has 0 atom stereocenters. The predicted molar refractivity (Wildman–Crippen MR) is 103 cm³/mol. The molecule has 8 nitrogen and oxygen atoms in total. The molecule has 0 radical (unpaired) electrons. The van der Waals surface area contributed by atoms with Gasteiger partial charge in [0, 0.05) is 10.7 Å². The molecule has 1 aromatic carbocycles. The van der Waals surface area contributed by atoms with E-state index in [0.717, 1.165) is 20.4 Å². The Bertz CT molecular complexity index is 991. The number of nitrogens with zero attached hydrogens (tertiary/aromatic N) is 4. The van der Waals surface area contributed by atoms with Crippen molar-refractivity contribution in [3.63, 3.8) is 0 Å². The highest BCUT2D eigenvalue weighted by molar-refractivity contribution is 9.10. The Morgan fingerprint density at radius 3 is 2.52 bits per heavy atom. The normalized spacial score (nSPS) is 10.8. The first-order valence-corrected chi connectivity index (χ1v) is 8.98. The monoisotopic (exact) mass is 431 g/mol. The summed E-state index contributed by atoms with van der Waals surface area (Å²) in [7, 11) is 0. The fourth-order valence-electron chi connectivity index (χ4n) is 2.75. The molecule has 0 fully saturated rings. The fraction of sp³-hybridized carbons (Fsp3) is 0.222. The van der Waals surface area contributed by atoms with Crippen molar-refractivity contribution in [2.45, 2.75) is 26.9 Å². The number of aromatic nitrogens is 4. The van der Waals surface area contributed by atoms with Crippen molar-refractivity contribution in [2.75, 3.05) is 5.32 Å². The summed E-state index contributed by atoms with van der Waals surface area (Å²) in [6.45, 7) is 4.09. The van der Waals surface area contributed by atoms with Gasteiger partial charge in [-0.15, -0.1) is 0 Å². The van der Waals surface area contributed by atoms with Crippen molar-refractivity contribution >= 4 is 33.5 Å². The third kappa shape index (κ3) is 4.25. The minimum absolute atomic E-state index is 0.0375. The number of anilines is 1. The predicted octanol–water partition coefficient (Wildman–Crippen LogP) is 2.84. The maximum Gasteiger partial charge on any atom is 0.354 e. The molecule has 3 aromatic rings. The molecule has 27 heavy (non-hydrogen) atoms. The van der Waals surface area contributed by atoms with Gasteiger partial charge in [-0.2, -0.15) is 10.2 Å². The molecule has 0 spiro atoms. The molecule has 2 aromatic heterocycles. The molecule has 2 N–H and O–H groups in total. The smallest absolute Gasteiger partial charge is 0.354 e. The van der Waals surface area contributed by atoms with Gasteiger partial charge in [0.25, 0.3) is 0 Å². The van der Waals surface area contributed by atoms with E-state index in [-0.39, 0.29) is 18.1 Å². The zero-order valence-electron chi connectivity index (χ0n) is 14.8. The van der Waals surface area contributed by atoms with Gasteiger partial charge in [0.15, 0.2) is 0 Å². The lowest BCUT2D eigenvalue weighted by molar-refractivity contribution is -0.116. The minimum Gasteiger partial charge on any atom is -0.477 e. The maximum absolute atomic E-state index is 12.4. The number of hydrogen-bond acceptors (Lipinski definition) is 4. The highest BCUT2D eigenvalue weighted by Crippen LogP contribution is 2.21. The van der Waals surface area contributed by atoms with Crippen LogP contribution in [0.15, 0.2) is 41.0 Å². The molecule has 2 heterocycles. The van der Waals surface area contributed by atoms with Crippen LogP contribution >= 0.6 is 15.9 Å². The van der Waals surface area contributed by atoms with Gasteiger partial charge in [-0.3, -0.25) is 9.48 Å². The third-order valence-corrected chi connectivity index (χ3v) is 4.65. The zero-order chi connectivity index (χ0) is 19.6. The number of nitrogens with one attached hydrogen (secondary N) is 1. The largest absolute Gasteiger partial charge is 0.477 e. The second-order valence-corrected chi connectivity index (χ2v) is 6.97. The molecular weight excluding hydrogens is 414 g/mol. The average molecular weight is 432 g/mol. The number of carbonyl (C=O) groups excluding carboxylic acids is 1. The molecule has 0 aliphatic heterocycles. The Balaban J connectivity index is 1.74. The van der Waals surface area contributed by atoms with Crippen molar-refractivity contribution < 1.29 is 14.7 Å². The van der Waals surface area contributed by atoms with E-state index < -0.39 is 5.97 Å². The van der Waals surface area contributed by atoms with E-state index in [9.17, 15) is 9.59 Å². The van der Waals surface area contributed by atoms with Crippen molar-refractivity contribution in [1.82, 2.24) is 19.6 Å². The number of hydrogen-bond donors (Lipinski definition) is 2. The number of aryl methyl sites for hydroxylation is 1. The number of aromatic carboxylic acids is 1. The number of amides is 1. The van der Waals surface area contributed by atoms with Gasteiger partial charge in [-0.05, 0) is 37.6 Å². The number of benzene rings is 1. The van der Waals surface area contributed by atoms with Crippen LogP contribution < -0.4 is 5.32 Å². The van der Waals surface area contributed by atoms with E-state index in [1.807, 2.05) is 42.8 Å². The van der Waals surface area contributed by atoms with Gasteiger partial charge < -0.3 is 10.4 Å². The number of rotatable bonds is 6. The lowest BCUT2D eigenvalue weighted by Crippen LogP contribution is -2.22. The van der Waals surface area contributed by atoms with Crippen LogP contribution in [0.3, 0.4) is 0 Å². The van der Waals surface area contributed by atoms with E-state index >= 15 is 0 Å². The van der Waals surface area contributed by atoms with Gasteiger partial charge in [0.2, 0.25) is 5.91 Å². The summed E-state index contributed by atoms with van der Waals surface area (Å²) in [5.41, 5.74) is 3.19. The van der Waals surface area contributed by atoms with E-state index in [2.05, 4.69) is 31.4 Å². The SMILES string of the molecule is Cc1nn(Cc2ccc(Br)cc2)c(C)c1NC(=O)Cn1nccc1C(=O)O. The summed E-state index contributed by atoms with van der Waals surface area (Å²) in [6, 6.07) is 9.29. The maximum atomic E-state index is 12.4. The molecule has 0 saturated carbocycles. The van der Waals surface area contributed by atoms with Crippen LogP contribution in [0.5, 0.6) is 0 Å². The summed E-state index contributed by atoms with van der Waals surface area (Å²) in [5, 5.41) is 20.3. The summed E-state index contributed by atoms with van der Waals surface area (Å²) in [6.07, 6.45) is 1.35. The van der Waals surface area contributed by atoms with Crippen molar-refractivity contribution in [1.29, 1.82) is 0 Å². The number of carboxylic acids is 1. The van der Waals surface area contributed by atoms with E-state index in [1.54, 1.807) is 0 Å². The molecule has 9 heteroatoms. The van der Waals surface area contributed by atoms with Crippen molar-refractivity contribution in [2.24, 2.45) is 0 Å². The Morgan fingerprint density at radius 1 is 1.15 bits per heavy atom. The van der Waals surface area contributed by atoms with Crippen LogP contribution in [0.1, 0.15) is 27.4 Å². The first-order valence-electron chi connectivity index (χ1n) is 8.18. The van der Waals surface area contributed by atoms with Crippen molar-refractivity contribution in [3.05, 3.63) is 63.6 Å². The lowest BCUT2D eigenvalue weighted by atomic mass is 10.2.